The van der Waals surface area contributed by atoms with E-state index in [9.17, 15) is 9.59 Å². The fraction of sp³-hybridized carbons (Fsp3) is 0.500. The van der Waals surface area contributed by atoms with E-state index in [0.29, 0.717) is 11.5 Å². The first-order valence-electron chi connectivity index (χ1n) is 6.15. The van der Waals surface area contributed by atoms with Crippen LogP contribution in [0.15, 0.2) is 0 Å². The molecule has 0 atom stereocenters. The highest BCUT2D eigenvalue weighted by molar-refractivity contribution is 7.19. The first kappa shape index (κ1) is 15.3. The van der Waals surface area contributed by atoms with Crippen molar-refractivity contribution in [2.75, 3.05) is 24.2 Å². The van der Waals surface area contributed by atoms with Gasteiger partial charge in [0.1, 0.15) is 15.4 Å². The summed E-state index contributed by atoms with van der Waals surface area (Å²) in [5.74, 6) is -1.18. The molecule has 0 bridgehead atoms. The summed E-state index contributed by atoms with van der Waals surface area (Å²) in [7, 11) is 0. The number of amides is 1. The van der Waals surface area contributed by atoms with Crippen molar-refractivity contribution in [1.82, 2.24) is 0 Å². The summed E-state index contributed by atoms with van der Waals surface area (Å²) in [6.45, 7) is 4.71. The molecule has 1 rings (SSSR count). The Morgan fingerprint density at radius 1 is 1.37 bits per heavy atom. The third-order valence-electron chi connectivity index (χ3n) is 2.46. The molecule has 106 valence electrons. The molecule has 0 aliphatic rings. The number of unbranched alkanes of at least 4 members (excludes halogenated alkanes) is 1. The molecule has 7 heteroatoms. The van der Waals surface area contributed by atoms with Gasteiger partial charge in [-0.05, 0) is 13.3 Å². The fourth-order valence-electron chi connectivity index (χ4n) is 1.54. The molecule has 1 amide bonds. The van der Waals surface area contributed by atoms with Crippen LogP contribution >= 0.6 is 11.3 Å². The number of carbonyl (C=O) groups is 2. The van der Waals surface area contributed by atoms with Crippen molar-refractivity contribution < 1.29 is 14.3 Å². The average molecular weight is 285 g/mol. The largest absolute Gasteiger partial charge is 0.462 e. The Bertz CT molecular complexity index is 471. The predicted octanol–water partition coefficient (Wildman–Crippen LogP) is 1.82. The Labute approximate surface area is 116 Å². The molecule has 0 fully saturated rings. The van der Waals surface area contributed by atoms with Crippen molar-refractivity contribution in [1.29, 1.82) is 0 Å². The standard InChI is InChI=1S/C12H19N3O3S/c1-3-5-6-15-11-7(12(17)18-4-2)8(13)9(19-11)10(14)16/h15H,3-6,13H2,1-2H3,(H2,14,16). The summed E-state index contributed by atoms with van der Waals surface area (Å²) in [6, 6.07) is 0. The normalized spacial score (nSPS) is 10.2. The molecule has 0 aromatic carbocycles. The first-order valence-corrected chi connectivity index (χ1v) is 6.97. The molecule has 1 aromatic rings. The van der Waals surface area contributed by atoms with Crippen LogP contribution in [0.4, 0.5) is 10.7 Å². The summed E-state index contributed by atoms with van der Waals surface area (Å²) in [6.07, 6.45) is 1.97. The summed E-state index contributed by atoms with van der Waals surface area (Å²) in [5.41, 5.74) is 11.3. The van der Waals surface area contributed by atoms with Crippen LogP contribution in [0.2, 0.25) is 0 Å². The van der Waals surface area contributed by atoms with E-state index < -0.39 is 11.9 Å². The van der Waals surface area contributed by atoms with Gasteiger partial charge in [0.25, 0.3) is 5.91 Å². The van der Waals surface area contributed by atoms with Crippen LogP contribution in [-0.4, -0.2) is 25.0 Å². The summed E-state index contributed by atoms with van der Waals surface area (Å²) in [5, 5.41) is 3.64. The molecule has 1 heterocycles. The molecular weight excluding hydrogens is 266 g/mol. The summed E-state index contributed by atoms with van der Waals surface area (Å²) < 4.78 is 4.94. The number of nitrogens with one attached hydrogen (secondary N) is 1. The lowest BCUT2D eigenvalue weighted by atomic mass is 10.2. The minimum atomic E-state index is -0.642. The Morgan fingerprint density at radius 3 is 2.58 bits per heavy atom. The molecular formula is C12H19N3O3S. The number of anilines is 2. The number of nitrogens with two attached hydrogens (primary N) is 2. The van der Waals surface area contributed by atoms with E-state index in [4.69, 9.17) is 16.2 Å². The molecule has 5 N–H and O–H groups in total. The van der Waals surface area contributed by atoms with Crippen LogP contribution in [0.3, 0.4) is 0 Å². The van der Waals surface area contributed by atoms with Crippen LogP contribution < -0.4 is 16.8 Å². The van der Waals surface area contributed by atoms with Gasteiger partial charge in [-0.2, -0.15) is 0 Å². The van der Waals surface area contributed by atoms with E-state index in [0.717, 1.165) is 24.2 Å². The zero-order chi connectivity index (χ0) is 14.4. The maximum absolute atomic E-state index is 11.9. The van der Waals surface area contributed by atoms with E-state index in [1.54, 1.807) is 6.92 Å². The maximum Gasteiger partial charge on any atom is 0.343 e. The third-order valence-corrected chi connectivity index (χ3v) is 3.64. The van der Waals surface area contributed by atoms with E-state index in [1.807, 2.05) is 0 Å². The van der Waals surface area contributed by atoms with Gasteiger partial charge in [-0.3, -0.25) is 4.79 Å². The average Bonchev–Trinajstić information content (AvgIpc) is 2.67. The molecule has 1 aromatic heterocycles. The molecule has 0 unspecified atom stereocenters. The molecule has 0 saturated heterocycles. The Hall–Kier alpha value is -1.76. The monoisotopic (exact) mass is 285 g/mol. The highest BCUT2D eigenvalue weighted by atomic mass is 32.1. The summed E-state index contributed by atoms with van der Waals surface area (Å²) >= 11 is 1.09. The lowest BCUT2D eigenvalue weighted by molar-refractivity contribution is 0.0529. The number of nitrogen functional groups attached to an aromatic ring is 1. The zero-order valence-corrected chi connectivity index (χ0v) is 11.9. The van der Waals surface area contributed by atoms with Crippen molar-refractivity contribution in [3.8, 4) is 0 Å². The van der Waals surface area contributed by atoms with Gasteiger partial charge in [-0.1, -0.05) is 13.3 Å². The van der Waals surface area contributed by atoms with Crippen LogP contribution in [-0.2, 0) is 4.74 Å². The van der Waals surface area contributed by atoms with Crippen LogP contribution in [0.5, 0.6) is 0 Å². The molecule has 6 nitrogen and oxygen atoms in total. The number of ether oxygens (including phenoxy) is 1. The zero-order valence-electron chi connectivity index (χ0n) is 11.1. The van der Waals surface area contributed by atoms with Gasteiger partial charge >= 0.3 is 5.97 Å². The second-order valence-electron chi connectivity index (χ2n) is 3.91. The van der Waals surface area contributed by atoms with E-state index in [2.05, 4.69) is 12.2 Å². The number of thiophene rings is 1. The maximum atomic E-state index is 11.9. The second kappa shape index (κ2) is 6.98. The minimum absolute atomic E-state index is 0.0925. The van der Waals surface area contributed by atoms with Gasteiger partial charge in [-0.25, -0.2) is 4.79 Å². The van der Waals surface area contributed by atoms with Crippen LogP contribution in [0.25, 0.3) is 0 Å². The Kier molecular flexibility index (Phi) is 5.62. The lowest BCUT2D eigenvalue weighted by Gasteiger charge is -2.06. The van der Waals surface area contributed by atoms with Crippen molar-refractivity contribution in [2.45, 2.75) is 26.7 Å². The number of esters is 1. The van der Waals surface area contributed by atoms with E-state index in [1.165, 1.54) is 0 Å². The molecule has 0 aliphatic heterocycles. The number of hydrogen-bond acceptors (Lipinski definition) is 6. The van der Waals surface area contributed by atoms with Gasteiger partial charge in [0.2, 0.25) is 0 Å². The second-order valence-corrected chi connectivity index (χ2v) is 4.93. The number of primary amides is 1. The quantitative estimate of drug-likeness (QED) is 0.523. The minimum Gasteiger partial charge on any atom is -0.462 e. The van der Waals surface area contributed by atoms with E-state index >= 15 is 0 Å². The molecule has 19 heavy (non-hydrogen) atoms. The van der Waals surface area contributed by atoms with Crippen molar-refractivity contribution in [2.24, 2.45) is 5.73 Å². The Morgan fingerprint density at radius 2 is 2.05 bits per heavy atom. The highest BCUT2D eigenvalue weighted by Crippen LogP contribution is 2.36. The predicted molar refractivity (Wildman–Crippen MR) is 76.6 cm³/mol. The van der Waals surface area contributed by atoms with Crippen molar-refractivity contribution in [3.63, 3.8) is 0 Å². The van der Waals surface area contributed by atoms with E-state index in [-0.39, 0.29) is 22.7 Å². The summed E-state index contributed by atoms with van der Waals surface area (Å²) in [4.78, 5) is 23.3. The SMILES string of the molecule is CCCCNc1sc(C(N)=O)c(N)c1C(=O)OCC. The van der Waals surface area contributed by atoms with Crippen molar-refractivity contribution in [3.05, 3.63) is 10.4 Å². The fourth-order valence-corrected chi connectivity index (χ4v) is 2.52. The molecule has 0 saturated carbocycles. The van der Waals surface area contributed by atoms with Crippen LogP contribution in [0, 0.1) is 0 Å². The van der Waals surface area contributed by atoms with Crippen LogP contribution in [0.1, 0.15) is 46.7 Å². The van der Waals surface area contributed by atoms with Gasteiger partial charge < -0.3 is 21.5 Å². The number of carbonyl (C=O) groups excluding carboxylic acids is 2. The molecule has 0 aliphatic carbocycles. The smallest absolute Gasteiger partial charge is 0.343 e. The van der Waals surface area contributed by atoms with Gasteiger partial charge in [0, 0.05) is 6.54 Å². The lowest BCUT2D eigenvalue weighted by Crippen LogP contribution is -2.13. The Balaban J connectivity index is 3.08. The number of rotatable bonds is 7. The molecule has 0 spiro atoms. The highest BCUT2D eigenvalue weighted by Gasteiger charge is 2.25. The van der Waals surface area contributed by atoms with Gasteiger partial charge in [0.15, 0.2) is 0 Å². The van der Waals surface area contributed by atoms with Gasteiger partial charge in [0.05, 0.1) is 12.3 Å². The topological polar surface area (TPSA) is 107 Å². The van der Waals surface area contributed by atoms with Crippen molar-refractivity contribution >= 4 is 33.9 Å². The number of hydrogen-bond donors (Lipinski definition) is 3. The third kappa shape index (κ3) is 3.60. The molecule has 0 radical (unpaired) electrons. The first-order chi connectivity index (χ1) is 9.02. The van der Waals surface area contributed by atoms with Gasteiger partial charge in [-0.15, -0.1) is 11.3 Å².